The highest BCUT2D eigenvalue weighted by Crippen LogP contribution is 2.39. The van der Waals surface area contributed by atoms with Gasteiger partial charge in [-0.1, -0.05) is 72.8 Å². The lowest BCUT2D eigenvalue weighted by molar-refractivity contribution is -0.148. The largest absolute Gasteiger partial charge is 0.465 e. The van der Waals surface area contributed by atoms with Gasteiger partial charge in [0.05, 0.1) is 6.61 Å². The average Bonchev–Trinajstić information content (AvgIpc) is 2.80. The van der Waals surface area contributed by atoms with Crippen molar-refractivity contribution >= 4 is 5.97 Å². The standard InChI is InChI=1S/C26H31NO2/c1-2-29-25(28)26(23-11-7-4-8-12-23)17-13-24(14-18-26)27-19-15-22(16-20-27)21-9-5-3-6-10-21/h3-13,17,22,24H,2,14-16,18-20H2,1H3. The van der Waals surface area contributed by atoms with Gasteiger partial charge in [-0.05, 0) is 62.7 Å². The van der Waals surface area contributed by atoms with Crippen LogP contribution < -0.4 is 0 Å². The maximum atomic E-state index is 12.9. The first-order valence-corrected chi connectivity index (χ1v) is 10.9. The Bertz CT molecular complexity index is 824. The van der Waals surface area contributed by atoms with Crippen molar-refractivity contribution in [1.29, 1.82) is 0 Å². The first-order chi connectivity index (χ1) is 14.2. The summed E-state index contributed by atoms with van der Waals surface area (Å²) in [5.41, 5.74) is 1.86. The summed E-state index contributed by atoms with van der Waals surface area (Å²) in [4.78, 5) is 15.5. The predicted molar refractivity (Wildman–Crippen MR) is 117 cm³/mol. The smallest absolute Gasteiger partial charge is 0.320 e. The third-order valence-electron chi connectivity index (χ3n) is 6.64. The molecule has 3 nitrogen and oxygen atoms in total. The van der Waals surface area contributed by atoms with Crippen LogP contribution in [0, 0.1) is 0 Å². The topological polar surface area (TPSA) is 29.5 Å². The van der Waals surface area contributed by atoms with Crippen LogP contribution in [0.4, 0.5) is 0 Å². The van der Waals surface area contributed by atoms with Crippen molar-refractivity contribution < 1.29 is 9.53 Å². The number of ether oxygens (including phenoxy) is 1. The molecule has 3 heteroatoms. The van der Waals surface area contributed by atoms with Gasteiger partial charge in [0.1, 0.15) is 5.41 Å². The molecule has 0 N–H and O–H groups in total. The molecule has 1 aliphatic carbocycles. The summed E-state index contributed by atoms with van der Waals surface area (Å²) in [6, 6.07) is 21.4. The first-order valence-electron chi connectivity index (χ1n) is 10.9. The molecular weight excluding hydrogens is 358 g/mol. The van der Waals surface area contributed by atoms with Gasteiger partial charge in [-0.25, -0.2) is 0 Å². The van der Waals surface area contributed by atoms with Crippen LogP contribution in [0.1, 0.15) is 49.7 Å². The Hall–Kier alpha value is -2.39. The molecular formula is C26H31NO2. The Morgan fingerprint density at radius 1 is 1.00 bits per heavy atom. The van der Waals surface area contributed by atoms with Gasteiger partial charge in [0.15, 0.2) is 0 Å². The zero-order valence-corrected chi connectivity index (χ0v) is 17.3. The second-order valence-corrected chi connectivity index (χ2v) is 8.24. The van der Waals surface area contributed by atoms with Crippen LogP contribution in [-0.4, -0.2) is 36.6 Å². The SMILES string of the molecule is CCOC(=O)C1(c2ccccc2)C=CC(N2CCC(c3ccccc3)CC2)CC1. The molecule has 4 rings (SSSR count). The Morgan fingerprint density at radius 2 is 1.66 bits per heavy atom. The van der Waals surface area contributed by atoms with Crippen LogP contribution in [0.15, 0.2) is 72.8 Å². The van der Waals surface area contributed by atoms with E-state index in [1.54, 1.807) is 0 Å². The number of rotatable bonds is 5. The fraction of sp³-hybridized carbons (Fsp3) is 0.423. The molecule has 2 aliphatic rings. The fourth-order valence-electron chi connectivity index (χ4n) is 4.95. The van der Waals surface area contributed by atoms with Crippen molar-refractivity contribution in [1.82, 2.24) is 4.90 Å². The number of likely N-dealkylation sites (tertiary alicyclic amines) is 1. The summed E-state index contributed by atoms with van der Waals surface area (Å²) in [7, 11) is 0. The minimum Gasteiger partial charge on any atom is -0.465 e. The number of nitrogens with zero attached hydrogens (tertiary/aromatic N) is 1. The molecule has 1 fully saturated rings. The molecule has 0 saturated carbocycles. The number of esters is 1. The molecule has 0 spiro atoms. The number of hydrogen-bond acceptors (Lipinski definition) is 3. The number of carbonyl (C=O) groups excluding carboxylic acids is 1. The summed E-state index contributed by atoms with van der Waals surface area (Å²) in [6.45, 7) is 4.53. The van der Waals surface area contributed by atoms with E-state index in [0.717, 1.165) is 31.5 Å². The van der Waals surface area contributed by atoms with Gasteiger partial charge in [0.2, 0.25) is 0 Å². The highest BCUT2D eigenvalue weighted by Gasteiger charge is 2.42. The maximum absolute atomic E-state index is 12.9. The van der Waals surface area contributed by atoms with Crippen LogP contribution in [-0.2, 0) is 14.9 Å². The van der Waals surface area contributed by atoms with Crippen molar-refractivity contribution in [2.75, 3.05) is 19.7 Å². The molecule has 0 aromatic heterocycles. The van der Waals surface area contributed by atoms with Gasteiger partial charge in [-0.2, -0.15) is 0 Å². The van der Waals surface area contributed by atoms with E-state index >= 15 is 0 Å². The van der Waals surface area contributed by atoms with Crippen molar-refractivity contribution in [3.63, 3.8) is 0 Å². The monoisotopic (exact) mass is 389 g/mol. The second-order valence-electron chi connectivity index (χ2n) is 8.24. The average molecular weight is 390 g/mol. The zero-order chi connectivity index (χ0) is 20.1. The van der Waals surface area contributed by atoms with E-state index < -0.39 is 5.41 Å². The molecule has 1 saturated heterocycles. The summed E-state index contributed by atoms with van der Waals surface area (Å²) in [5, 5.41) is 0. The molecule has 2 unspecified atom stereocenters. The van der Waals surface area contributed by atoms with Crippen molar-refractivity contribution in [2.45, 2.75) is 50.0 Å². The van der Waals surface area contributed by atoms with E-state index in [1.807, 2.05) is 37.3 Å². The lowest BCUT2D eigenvalue weighted by Gasteiger charge is -2.41. The summed E-state index contributed by atoms with van der Waals surface area (Å²) in [5.74, 6) is 0.548. The maximum Gasteiger partial charge on any atom is 0.320 e. The van der Waals surface area contributed by atoms with E-state index in [1.165, 1.54) is 18.4 Å². The Kier molecular flexibility index (Phi) is 6.15. The number of piperidine rings is 1. The number of carbonyl (C=O) groups is 1. The van der Waals surface area contributed by atoms with Crippen LogP contribution in [0.3, 0.4) is 0 Å². The quantitative estimate of drug-likeness (QED) is 0.527. The molecule has 0 amide bonds. The van der Waals surface area contributed by atoms with Gasteiger partial charge in [-0.15, -0.1) is 0 Å². The summed E-state index contributed by atoms with van der Waals surface area (Å²) >= 11 is 0. The van der Waals surface area contributed by atoms with Crippen molar-refractivity contribution in [2.24, 2.45) is 0 Å². The Balaban J connectivity index is 1.46. The van der Waals surface area contributed by atoms with E-state index in [4.69, 9.17) is 4.74 Å². The third-order valence-corrected chi connectivity index (χ3v) is 6.64. The van der Waals surface area contributed by atoms with Crippen molar-refractivity contribution in [3.05, 3.63) is 83.9 Å². The van der Waals surface area contributed by atoms with Crippen LogP contribution in [0.25, 0.3) is 0 Å². The molecule has 1 aliphatic heterocycles. The molecule has 2 aromatic carbocycles. The Labute approximate surface area is 174 Å². The van der Waals surface area contributed by atoms with Crippen LogP contribution >= 0.6 is 0 Å². The summed E-state index contributed by atoms with van der Waals surface area (Å²) < 4.78 is 5.48. The van der Waals surface area contributed by atoms with Crippen molar-refractivity contribution in [3.8, 4) is 0 Å². The molecule has 2 atom stereocenters. The zero-order valence-electron chi connectivity index (χ0n) is 17.3. The second kappa shape index (κ2) is 8.96. The van der Waals surface area contributed by atoms with Gasteiger partial charge in [0, 0.05) is 6.04 Å². The van der Waals surface area contributed by atoms with E-state index in [-0.39, 0.29) is 5.97 Å². The number of hydrogen-bond donors (Lipinski definition) is 0. The minimum atomic E-state index is -0.643. The molecule has 2 aromatic rings. The van der Waals surface area contributed by atoms with Gasteiger partial charge >= 0.3 is 5.97 Å². The van der Waals surface area contributed by atoms with Crippen LogP contribution in [0.2, 0.25) is 0 Å². The van der Waals surface area contributed by atoms with Gasteiger partial charge in [-0.3, -0.25) is 9.69 Å². The minimum absolute atomic E-state index is 0.122. The molecule has 29 heavy (non-hydrogen) atoms. The lowest BCUT2D eigenvalue weighted by Crippen LogP contribution is -2.45. The summed E-state index contributed by atoms with van der Waals surface area (Å²) in [6.07, 6.45) is 8.58. The molecule has 0 bridgehead atoms. The molecule has 1 heterocycles. The molecule has 152 valence electrons. The highest BCUT2D eigenvalue weighted by atomic mass is 16.5. The fourth-order valence-corrected chi connectivity index (χ4v) is 4.95. The van der Waals surface area contributed by atoms with E-state index in [0.29, 0.717) is 18.6 Å². The third kappa shape index (κ3) is 4.16. The van der Waals surface area contributed by atoms with Gasteiger partial charge < -0.3 is 4.74 Å². The highest BCUT2D eigenvalue weighted by molar-refractivity contribution is 5.86. The number of benzene rings is 2. The van der Waals surface area contributed by atoms with E-state index in [2.05, 4.69) is 47.4 Å². The first kappa shape index (κ1) is 19.9. The van der Waals surface area contributed by atoms with Crippen LogP contribution in [0.5, 0.6) is 0 Å². The van der Waals surface area contributed by atoms with E-state index in [9.17, 15) is 4.79 Å². The Morgan fingerprint density at radius 3 is 2.24 bits per heavy atom. The van der Waals surface area contributed by atoms with Gasteiger partial charge in [0.25, 0.3) is 0 Å². The molecule has 0 radical (unpaired) electrons. The lowest BCUT2D eigenvalue weighted by atomic mass is 9.72. The predicted octanol–water partition coefficient (Wildman–Crippen LogP) is 5.09. The normalized spacial score (nSPS) is 25.6.